The number of amides is 1. The van der Waals surface area contributed by atoms with Crippen molar-refractivity contribution in [1.29, 1.82) is 0 Å². The van der Waals surface area contributed by atoms with Gasteiger partial charge in [-0.05, 0) is 67.6 Å². The van der Waals surface area contributed by atoms with E-state index in [1.807, 2.05) is 32.2 Å². The van der Waals surface area contributed by atoms with Crippen molar-refractivity contribution >= 4 is 23.1 Å². The summed E-state index contributed by atoms with van der Waals surface area (Å²) in [7, 11) is 1.86. The van der Waals surface area contributed by atoms with Crippen molar-refractivity contribution in [2.24, 2.45) is 12.5 Å². The number of rotatable bonds is 8. The maximum absolute atomic E-state index is 15.1. The number of nitrogens with zero attached hydrogens (tertiary/aromatic N) is 5. The molecule has 2 aliphatic heterocycles. The van der Waals surface area contributed by atoms with Crippen molar-refractivity contribution in [3.63, 3.8) is 0 Å². The smallest absolute Gasteiger partial charge is 0.258 e. The van der Waals surface area contributed by atoms with Gasteiger partial charge in [-0.2, -0.15) is 5.10 Å². The number of aromatic nitrogens is 2. The normalized spacial score (nSPS) is 16.1. The fraction of sp³-hybridized carbons (Fsp3) is 0.500. The van der Waals surface area contributed by atoms with Crippen molar-refractivity contribution in [3.8, 4) is 5.75 Å². The van der Waals surface area contributed by atoms with Crippen LogP contribution < -0.4 is 15.0 Å². The molecular formula is C32H43FN6O2. The second kappa shape index (κ2) is 12.2. The molecule has 0 spiro atoms. The third-order valence-electron chi connectivity index (χ3n) is 7.98. The molecule has 3 aromatic rings. The monoisotopic (exact) mass is 562 g/mol. The fourth-order valence-electron chi connectivity index (χ4n) is 5.42. The van der Waals surface area contributed by atoms with E-state index in [2.05, 4.69) is 41.0 Å². The van der Waals surface area contributed by atoms with Gasteiger partial charge in [-0.15, -0.1) is 0 Å². The van der Waals surface area contributed by atoms with E-state index in [-0.39, 0.29) is 17.2 Å². The van der Waals surface area contributed by atoms with E-state index in [4.69, 9.17) is 4.74 Å². The van der Waals surface area contributed by atoms with E-state index in [9.17, 15) is 4.79 Å². The number of nitrogens with one attached hydrogen (secondary N) is 1. The minimum absolute atomic E-state index is 0.177. The predicted octanol–water partition coefficient (Wildman–Crippen LogP) is 5.59. The minimum Gasteiger partial charge on any atom is -0.490 e. The summed E-state index contributed by atoms with van der Waals surface area (Å²) in [6.45, 7) is 16.1. The van der Waals surface area contributed by atoms with Crippen LogP contribution in [0.3, 0.4) is 0 Å². The molecule has 0 saturated carbocycles. The standard InChI is InChI=1S/C32H43FN6O2/c1-23-7-9-28-27(19-23)35-30-25(21-34-36(30)5)22-39(28)31(40)24-8-10-29(26(33)20-24)41-18-6-12-37-14-16-38(17-15-37)13-11-32(2,3)4/h7-10,19-21,35H,6,11-18,22H2,1-5H3. The lowest BCUT2D eigenvalue weighted by Gasteiger charge is -2.35. The van der Waals surface area contributed by atoms with Crippen molar-refractivity contribution in [2.75, 3.05) is 56.1 Å². The van der Waals surface area contributed by atoms with Gasteiger partial charge in [0.1, 0.15) is 5.82 Å². The molecule has 220 valence electrons. The van der Waals surface area contributed by atoms with Gasteiger partial charge in [-0.25, -0.2) is 4.39 Å². The quantitative estimate of drug-likeness (QED) is 0.361. The third-order valence-corrected chi connectivity index (χ3v) is 7.98. The highest BCUT2D eigenvalue weighted by atomic mass is 19.1. The van der Waals surface area contributed by atoms with E-state index in [1.54, 1.807) is 27.9 Å². The molecule has 0 aliphatic carbocycles. The number of halogens is 1. The first kappa shape index (κ1) is 29.1. The Morgan fingerprint density at radius 3 is 2.49 bits per heavy atom. The molecule has 0 atom stereocenters. The summed E-state index contributed by atoms with van der Waals surface area (Å²) in [6.07, 6.45) is 3.79. The fourth-order valence-corrected chi connectivity index (χ4v) is 5.42. The Hall–Kier alpha value is -3.43. The lowest BCUT2D eigenvalue weighted by Crippen LogP contribution is -2.47. The zero-order chi connectivity index (χ0) is 29.1. The molecule has 9 heteroatoms. The van der Waals surface area contributed by atoms with Crippen LogP contribution in [0.5, 0.6) is 5.75 Å². The molecule has 2 aliphatic rings. The van der Waals surface area contributed by atoms with Crippen LogP contribution in [0.2, 0.25) is 0 Å². The SMILES string of the molecule is Cc1ccc2c(c1)Nc1c(cnn1C)CN2C(=O)c1ccc(OCCCN2CCN(CCC(C)(C)C)CC2)c(F)c1. The second-order valence-electron chi connectivity index (χ2n) is 12.5. The summed E-state index contributed by atoms with van der Waals surface area (Å²) in [4.78, 5) is 20.4. The number of carbonyl (C=O) groups excluding carboxylic acids is 1. The summed E-state index contributed by atoms with van der Waals surface area (Å²) in [6, 6.07) is 10.4. The summed E-state index contributed by atoms with van der Waals surface area (Å²) in [5.41, 5.74) is 4.16. The first-order chi connectivity index (χ1) is 19.6. The van der Waals surface area contributed by atoms with Crippen molar-refractivity contribution in [1.82, 2.24) is 19.6 Å². The van der Waals surface area contributed by atoms with E-state index < -0.39 is 5.82 Å². The molecule has 5 rings (SSSR count). The van der Waals surface area contributed by atoms with Gasteiger partial charge in [0.15, 0.2) is 11.6 Å². The zero-order valence-electron chi connectivity index (χ0n) is 25.0. The third kappa shape index (κ3) is 7.08. The minimum atomic E-state index is -0.526. The van der Waals surface area contributed by atoms with Crippen LogP contribution >= 0.6 is 0 Å². The van der Waals surface area contributed by atoms with Crippen molar-refractivity contribution in [2.45, 2.75) is 47.1 Å². The molecule has 1 aromatic heterocycles. The largest absolute Gasteiger partial charge is 0.490 e. The molecule has 1 saturated heterocycles. The van der Waals surface area contributed by atoms with Gasteiger partial charge >= 0.3 is 0 Å². The molecule has 1 fully saturated rings. The number of aryl methyl sites for hydroxylation is 2. The molecule has 2 aromatic carbocycles. The Morgan fingerprint density at radius 2 is 1.78 bits per heavy atom. The lowest BCUT2D eigenvalue weighted by molar-refractivity contribution is 0.0984. The Balaban J connectivity index is 1.16. The van der Waals surface area contributed by atoms with Gasteiger partial charge in [0, 0.05) is 50.9 Å². The number of anilines is 3. The number of ether oxygens (including phenoxy) is 1. The number of piperazine rings is 1. The van der Waals surface area contributed by atoms with Crippen LogP contribution in [0, 0.1) is 18.2 Å². The van der Waals surface area contributed by atoms with Gasteiger partial charge in [0.05, 0.1) is 30.7 Å². The molecular weight excluding hydrogens is 519 g/mol. The summed E-state index contributed by atoms with van der Waals surface area (Å²) in [5.74, 6) is 0.212. The topological polar surface area (TPSA) is 65.9 Å². The Bertz CT molecular complexity index is 1370. The van der Waals surface area contributed by atoms with Crippen molar-refractivity contribution < 1.29 is 13.9 Å². The van der Waals surface area contributed by atoms with Gasteiger partial charge in [0.25, 0.3) is 5.91 Å². The number of carbonyl (C=O) groups is 1. The van der Waals surface area contributed by atoms with Crippen molar-refractivity contribution in [3.05, 3.63) is 65.1 Å². The van der Waals surface area contributed by atoms with Crippen LogP contribution in [-0.4, -0.2) is 71.4 Å². The predicted molar refractivity (Wildman–Crippen MR) is 162 cm³/mol. The Morgan fingerprint density at radius 1 is 1.05 bits per heavy atom. The summed E-state index contributed by atoms with van der Waals surface area (Å²) >= 11 is 0. The van der Waals surface area contributed by atoms with E-state index in [0.29, 0.717) is 18.6 Å². The maximum Gasteiger partial charge on any atom is 0.258 e. The van der Waals surface area contributed by atoms with E-state index in [0.717, 1.165) is 74.0 Å². The highest BCUT2D eigenvalue weighted by molar-refractivity contribution is 6.08. The van der Waals surface area contributed by atoms with Crippen LogP contribution in [0.25, 0.3) is 0 Å². The number of benzene rings is 2. The average Bonchev–Trinajstić information content (AvgIpc) is 3.18. The first-order valence-corrected chi connectivity index (χ1v) is 14.6. The van der Waals surface area contributed by atoms with E-state index in [1.165, 1.54) is 12.5 Å². The second-order valence-corrected chi connectivity index (χ2v) is 12.5. The summed E-state index contributed by atoms with van der Waals surface area (Å²) in [5, 5.41) is 7.77. The molecule has 1 amide bonds. The number of fused-ring (bicyclic) bond motifs is 2. The summed E-state index contributed by atoms with van der Waals surface area (Å²) < 4.78 is 22.6. The van der Waals surface area contributed by atoms with Gasteiger partial charge in [-0.1, -0.05) is 26.8 Å². The van der Waals surface area contributed by atoms with Crippen LogP contribution in [0.1, 0.15) is 55.1 Å². The number of hydrogen-bond acceptors (Lipinski definition) is 6. The molecule has 0 unspecified atom stereocenters. The van der Waals surface area contributed by atoms with Crippen LogP contribution in [0.4, 0.5) is 21.6 Å². The van der Waals surface area contributed by atoms with E-state index >= 15 is 4.39 Å². The Kier molecular flexibility index (Phi) is 8.66. The molecule has 41 heavy (non-hydrogen) atoms. The molecule has 8 nitrogen and oxygen atoms in total. The van der Waals surface area contributed by atoms with Crippen LogP contribution in [0.15, 0.2) is 42.6 Å². The molecule has 0 radical (unpaired) electrons. The van der Waals surface area contributed by atoms with Gasteiger partial charge in [0.2, 0.25) is 0 Å². The highest BCUT2D eigenvalue weighted by Gasteiger charge is 2.27. The van der Waals surface area contributed by atoms with Gasteiger partial charge < -0.3 is 24.8 Å². The zero-order valence-corrected chi connectivity index (χ0v) is 25.0. The maximum atomic E-state index is 15.1. The van der Waals surface area contributed by atoms with Crippen LogP contribution in [-0.2, 0) is 13.6 Å². The first-order valence-electron chi connectivity index (χ1n) is 14.6. The molecule has 1 N–H and O–H groups in total. The highest BCUT2D eigenvalue weighted by Crippen LogP contribution is 2.37. The molecule has 0 bridgehead atoms. The average molecular weight is 563 g/mol. The lowest BCUT2D eigenvalue weighted by atomic mass is 9.92. The Labute approximate surface area is 243 Å². The van der Waals surface area contributed by atoms with Gasteiger partial charge in [-0.3, -0.25) is 9.48 Å². The number of hydrogen-bond donors (Lipinski definition) is 1. The molecule has 3 heterocycles.